The first-order chi connectivity index (χ1) is 24.7. The minimum Gasteiger partial charge on any atom is -0.371 e. The highest BCUT2D eigenvalue weighted by Gasteiger charge is 2.31. The molecule has 7 rings (SSSR count). The van der Waals surface area contributed by atoms with Gasteiger partial charge in [-0.25, -0.2) is 4.98 Å². The summed E-state index contributed by atoms with van der Waals surface area (Å²) >= 11 is 1.47. The van der Waals surface area contributed by atoms with Crippen LogP contribution in [0.25, 0.3) is 10.6 Å². The van der Waals surface area contributed by atoms with Gasteiger partial charge in [0, 0.05) is 47.5 Å². The van der Waals surface area contributed by atoms with Gasteiger partial charge in [-0.2, -0.15) is 13.2 Å². The van der Waals surface area contributed by atoms with Crippen LogP contribution in [-0.4, -0.2) is 49.6 Å². The van der Waals surface area contributed by atoms with Gasteiger partial charge in [-0.15, -0.1) is 11.3 Å². The number of ether oxygens (including phenoxy) is 1. The number of thiazole rings is 1. The molecule has 2 amide bonds. The summed E-state index contributed by atoms with van der Waals surface area (Å²) in [6.07, 6.45) is -2.13. The second-order valence-corrected chi connectivity index (χ2v) is 13.1. The number of nitrogens with one attached hydrogen (secondary N) is 4. The van der Waals surface area contributed by atoms with Crippen LogP contribution in [0.2, 0.25) is 0 Å². The third-order valence-corrected chi connectivity index (χ3v) is 9.51. The molecule has 2 aliphatic rings. The van der Waals surface area contributed by atoms with E-state index in [-0.39, 0.29) is 17.6 Å². The zero-order valence-electron chi connectivity index (χ0n) is 27.7. The summed E-state index contributed by atoms with van der Waals surface area (Å²) in [6, 6.07) is 29.5. The molecule has 5 aromatic rings. The maximum atomic E-state index is 12.7. The molecule has 0 saturated carbocycles. The average molecular weight is 714 g/mol. The summed E-state index contributed by atoms with van der Waals surface area (Å²) in [4.78, 5) is 29.1. The van der Waals surface area contributed by atoms with E-state index in [0.717, 1.165) is 79.6 Å². The molecule has 0 bridgehead atoms. The third-order valence-electron chi connectivity index (χ3n) is 8.61. The smallest absolute Gasteiger partial charge is 0.371 e. The van der Waals surface area contributed by atoms with E-state index in [1.165, 1.54) is 29.0 Å². The van der Waals surface area contributed by atoms with Crippen molar-refractivity contribution in [2.45, 2.75) is 31.0 Å². The number of morpholine rings is 1. The van der Waals surface area contributed by atoms with Gasteiger partial charge in [-0.3, -0.25) is 9.59 Å². The Balaban J connectivity index is 0.000000176. The molecule has 0 radical (unpaired) electrons. The van der Waals surface area contributed by atoms with Crippen molar-refractivity contribution in [3.05, 3.63) is 136 Å². The molecule has 12 heteroatoms. The van der Waals surface area contributed by atoms with Crippen molar-refractivity contribution in [1.29, 1.82) is 0 Å². The highest BCUT2D eigenvalue weighted by Crippen LogP contribution is 2.30. The lowest BCUT2D eigenvalue weighted by atomic mass is 9.91. The van der Waals surface area contributed by atoms with Gasteiger partial charge in [0.15, 0.2) is 0 Å². The number of aromatic nitrogens is 1. The van der Waals surface area contributed by atoms with Crippen LogP contribution in [0.5, 0.6) is 0 Å². The molecule has 51 heavy (non-hydrogen) atoms. The molecule has 8 nitrogen and oxygen atoms in total. The Morgan fingerprint density at radius 2 is 1.47 bits per heavy atom. The number of rotatable bonds is 7. The highest BCUT2D eigenvalue weighted by atomic mass is 32.1. The normalized spacial score (nSPS) is 17.5. The van der Waals surface area contributed by atoms with Crippen molar-refractivity contribution in [2.24, 2.45) is 0 Å². The number of nitrogens with zero attached hydrogens (tertiary/aromatic N) is 1. The van der Waals surface area contributed by atoms with E-state index in [9.17, 15) is 22.8 Å². The summed E-state index contributed by atoms with van der Waals surface area (Å²) in [5, 5.41) is 14.8. The van der Waals surface area contributed by atoms with E-state index >= 15 is 0 Å². The van der Waals surface area contributed by atoms with Crippen molar-refractivity contribution in [1.82, 2.24) is 15.6 Å². The number of halogens is 3. The third kappa shape index (κ3) is 9.89. The van der Waals surface area contributed by atoms with Crippen LogP contribution in [0, 0.1) is 0 Å². The Morgan fingerprint density at radius 3 is 2.12 bits per heavy atom. The molecular weight excluding hydrogens is 676 g/mol. The monoisotopic (exact) mass is 713 g/mol. The fourth-order valence-corrected chi connectivity index (χ4v) is 6.67. The van der Waals surface area contributed by atoms with E-state index in [0.29, 0.717) is 17.3 Å². The zero-order valence-corrected chi connectivity index (χ0v) is 28.5. The molecule has 2 fully saturated rings. The summed E-state index contributed by atoms with van der Waals surface area (Å²) in [5.41, 5.74) is 4.21. The van der Waals surface area contributed by atoms with Crippen LogP contribution in [0.4, 0.5) is 24.5 Å². The van der Waals surface area contributed by atoms with Crippen LogP contribution in [0.3, 0.4) is 0 Å². The number of amides is 2. The molecule has 264 valence electrons. The van der Waals surface area contributed by atoms with Gasteiger partial charge < -0.3 is 26.0 Å². The number of piperidine rings is 1. The number of carbonyl (C=O) groups is 2. The van der Waals surface area contributed by atoms with Crippen molar-refractivity contribution in [3.8, 4) is 10.6 Å². The molecule has 2 atom stereocenters. The number of hydrogen-bond donors (Lipinski definition) is 4. The zero-order chi connectivity index (χ0) is 35.6. The lowest BCUT2D eigenvalue weighted by Crippen LogP contribution is -2.33. The first kappa shape index (κ1) is 35.9. The summed E-state index contributed by atoms with van der Waals surface area (Å²) in [7, 11) is 0. The SMILES string of the molecule is O=C(Nc1ccc(C2CNCCO2)cc1)c1csc(-c2ccccc2)n1.O=C(Nc1ccc([C@@H]2CCCNC2)cc1)c1cccc(C(F)(F)F)c1. The summed E-state index contributed by atoms with van der Waals surface area (Å²) in [6.45, 7) is 4.41. The number of hydrogen-bond acceptors (Lipinski definition) is 7. The van der Waals surface area contributed by atoms with Crippen LogP contribution in [-0.2, 0) is 10.9 Å². The number of benzene rings is 4. The Labute approximate surface area is 298 Å². The Morgan fingerprint density at radius 1 is 0.784 bits per heavy atom. The van der Waals surface area contributed by atoms with Gasteiger partial charge in [0.25, 0.3) is 11.8 Å². The van der Waals surface area contributed by atoms with Crippen molar-refractivity contribution >= 4 is 34.5 Å². The van der Waals surface area contributed by atoms with E-state index in [2.05, 4.69) is 26.3 Å². The van der Waals surface area contributed by atoms with Gasteiger partial charge in [-0.05, 0) is 78.9 Å². The Hall–Kier alpha value is -4.88. The standard InChI is InChI=1S/C20H19N3O2S.C19H19F3N2O/c24-19(17-13-26-20(23-17)15-4-2-1-3-5-15)22-16-8-6-14(7-9-16)18-12-21-10-11-25-18;20-19(21,22)16-5-1-3-14(11-16)18(25)24-17-8-6-13(7-9-17)15-4-2-10-23-12-15/h1-9,13,18,21H,10-12H2,(H,22,24);1,3,5-9,11,15,23H,2,4,10,12H2,(H,24,25)/t;15-/m.1/s1. The van der Waals surface area contributed by atoms with E-state index < -0.39 is 17.6 Å². The first-order valence-corrected chi connectivity index (χ1v) is 17.6. The topological polar surface area (TPSA) is 104 Å². The first-order valence-electron chi connectivity index (χ1n) is 16.8. The van der Waals surface area contributed by atoms with Gasteiger partial charge in [0.05, 0.1) is 18.3 Å². The molecule has 3 heterocycles. The van der Waals surface area contributed by atoms with Gasteiger partial charge in [0.2, 0.25) is 0 Å². The minimum absolute atomic E-state index is 0.0182. The fourth-order valence-electron chi connectivity index (χ4n) is 5.86. The second-order valence-electron chi connectivity index (χ2n) is 12.2. The highest BCUT2D eigenvalue weighted by molar-refractivity contribution is 7.13. The lowest BCUT2D eigenvalue weighted by molar-refractivity contribution is -0.137. The van der Waals surface area contributed by atoms with Crippen molar-refractivity contribution in [2.75, 3.05) is 43.4 Å². The predicted octanol–water partition coefficient (Wildman–Crippen LogP) is 8.15. The van der Waals surface area contributed by atoms with Crippen LogP contribution < -0.4 is 21.3 Å². The van der Waals surface area contributed by atoms with Crippen LogP contribution in [0.15, 0.2) is 109 Å². The largest absolute Gasteiger partial charge is 0.416 e. The van der Waals surface area contributed by atoms with Gasteiger partial charge >= 0.3 is 6.18 Å². The molecular formula is C39H38F3N5O3S. The minimum atomic E-state index is -4.47. The molecule has 1 unspecified atom stereocenters. The maximum absolute atomic E-state index is 12.7. The molecule has 4 aromatic carbocycles. The predicted molar refractivity (Wildman–Crippen MR) is 194 cm³/mol. The summed E-state index contributed by atoms with van der Waals surface area (Å²) in [5.74, 6) is -0.299. The molecule has 1 aromatic heterocycles. The molecule has 2 aliphatic heterocycles. The second kappa shape index (κ2) is 16.9. The van der Waals surface area contributed by atoms with Crippen LogP contribution in [0.1, 0.15) is 62.4 Å². The Kier molecular flexibility index (Phi) is 11.9. The number of anilines is 2. The molecule has 0 aliphatic carbocycles. The van der Waals surface area contributed by atoms with E-state index in [1.807, 2.05) is 66.7 Å². The molecule has 4 N–H and O–H groups in total. The number of alkyl halides is 3. The van der Waals surface area contributed by atoms with Gasteiger partial charge in [-0.1, -0.05) is 60.7 Å². The summed E-state index contributed by atoms with van der Waals surface area (Å²) < 4.78 is 44.0. The van der Waals surface area contributed by atoms with Gasteiger partial charge in [0.1, 0.15) is 10.7 Å². The molecule has 0 spiro atoms. The quantitative estimate of drug-likeness (QED) is 0.136. The molecule has 2 saturated heterocycles. The Bertz CT molecular complexity index is 1890. The van der Waals surface area contributed by atoms with Crippen molar-refractivity contribution in [3.63, 3.8) is 0 Å². The van der Waals surface area contributed by atoms with Crippen LogP contribution >= 0.6 is 11.3 Å². The maximum Gasteiger partial charge on any atom is 0.416 e. The lowest BCUT2D eigenvalue weighted by Gasteiger charge is -2.24. The number of carbonyl (C=O) groups excluding carboxylic acids is 2. The van der Waals surface area contributed by atoms with Crippen molar-refractivity contribution < 1.29 is 27.5 Å². The fraction of sp³-hybridized carbons (Fsp3) is 0.256. The van der Waals surface area contributed by atoms with E-state index in [4.69, 9.17) is 4.74 Å². The average Bonchev–Trinajstić information content (AvgIpc) is 3.68. The van der Waals surface area contributed by atoms with E-state index in [1.54, 1.807) is 17.5 Å².